The number of nitrogens with one attached hydrogen (secondary N) is 1. The average Bonchev–Trinajstić information content (AvgIpc) is 2.98. The van der Waals surface area contributed by atoms with Crippen molar-refractivity contribution in [3.63, 3.8) is 0 Å². The van der Waals surface area contributed by atoms with E-state index in [9.17, 15) is 13.2 Å². The van der Waals surface area contributed by atoms with Crippen molar-refractivity contribution in [2.75, 3.05) is 13.1 Å². The van der Waals surface area contributed by atoms with Crippen LogP contribution in [0.2, 0.25) is 0 Å². The van der Waals surface area contributed by atoms with Gasteiger partial charge in [-0.3, -0.25) is 4.79 Å². The lowest BCUT2D eigenvalue weighted by molar-refractivity contribution is -0.137. The number of amides is 1. The summed E-state index contributed by atoms with van der Waals surface area (Å²) < 4.78 is 36.2. The van der Waals surface area contributed by atoms with E-state index in [1.807, 2.05) is 0 Å². The van der Waals surface area contributed by atoms with Crippen LogP contribution in [-0.2, 0) is 19.6 Å². The summed E-state index contributed by atoms with van der Waals surface area (Å²) in [6, 6.07) is 0. The van der Waals surface area contributed by atoms with E-state index in [0.29, 0.717) is 19.4 Å². The molecule has 1 unspecified atom stereocenters. The molecule has 1 aromatic heterocycles. The summed E-state index contributed by atoms with van der Waals surface area (Å²) in [6.07, 6.45) is 2.59. The average molecular weight is 331 g/mol. The first-order valence-corrected chi connectivity index (χ1v) is 8.95. The second-order valence-electron chi connectivity index (χ2n) is 5.86. The van der Waals surface area contributed by atoms with E-state index in [0.717, 1.165) is 11.5 Å². The molecular weight excluding hydrogens is 314 g/mol. The van der Waals surface area contributed by atoms with Gasteiger partial charge in [0.15, 0.2) is 5.72 Å². The van der Waals surface area contributed by atoms with Crippen LogP contribution in [0, 0.1) is 0 Å². The molecule has 0 aliphatic carbocycles. The van der Waals surface area contributed by atoms with Gasteiger partial charge in [0.25, 0.3) is 5.91 Å². The molecule has 3 rings (SSSR count). The van der Waals surface area contributed by atoms with Crippen LogP contribution in [0.5, 0.6) is 0 Å². The lowest BCUT2D eigenvalue weighted by atomic mass is 10.0. The van der Waals surface area contributed by atoms with E-state index in [1.54, 1.807) is 13.8 Å². The number of rotatable bonds is 2. The second-order valence-corrected chi connectivity index (χ2v) is 8.46. The molecule has 1 amide bonds. The maximum Gasteiger partial charge on any atom is 0.254 e. The lowest BCUT2D eigenvalue weighted by Gasteiger charge is -2.39. The third kappa shape index (κ3) is 2.48. The summed E-state index contributed by atoms with van der Waals surface area (Å²) in [7, 11) is -3.59. The van der Waals surface area contributed by atoms with E-state index in [2.05, 4.69) is 9.69 Å². The highest BCUT2D eigenvalue weighted by atomic mass is 32.2. The van der Waals surface area contributed by atoms with Gasteiger partial charge in [-0.05, 0) is 38.2 Å². The number of hydrogen-bond donors (Lipinski definition) is 1. The molecule has 116 valence electrons. The lowest BCUT2D eigenvalue weighted by Crippen LogP contribution is -2.56. The van der Waals surface area contributed by atoms with Gasteiger partial charge in [-0.2, -0.15) is 8.68 Å². The zero-order chi connectivity index (χ0) is 15.3. The Kier molecular flexibility index (Phi) is 3.36. The summed E-state index contributed by atoms with van der Waals surface area (Å²) >= 11 is 1.10. The number of sulfonamides is 1. The molecule has 1 N–H and O–H groups in total. The van der Waals surface area contributed by atoms with Gasteiger partial charge in [-0.1, -0.05) is 0 Å². The fourth-order valence-corrected chi connectivity index (χ4v) is 5.08. The fourth-order valence-electron chi connectivity index (χ4n) is 2.76. The molecule has 1 spiro atoms. The Morgan fingerprint density at radius 1 is 1.48 bits per heavy atom. The predicted molar refractivity (Wildman–Crippen MR) is 76.1 cm³/mol. The van der Waals surface area contributed by atoms with Crippen LogP contribution in [0.3, 0.4) is 0 Å². The Balaban J connectivity index is 1.86. The highest BCUT2D eigenvalue weighted by molar-refractivity contribution is 7.89. The van der Waals surface area contributed by atoms with E-state index >= 15 is 0 Å². The Labute approximate surface area is 127 Å². The number of aromatic nitrogens is 1. The largest absolute Gasteiger partial charge is 0.339 e. The summed E-state index contributed by atoms with van der Waals surface area (Å²) in [5.41, 5.74) is -1.86. The van der Waals surface area contributed by atoms with Gasteiger partial charge in [0.2, 0.25) is 10.0 Å². The summed E-state index contributed by atoms with van der Waals surface area (Å²) in [5.74, 6) is -0.209. The number of hydrogen-bond acceptors (Lipinski definition) is 6. The first-order valence-electron chi connectivity index (χ1n) is 6.68. The maximum atomic E-state index is 12.6. The van der Waals surface area contributed by atoms with Crippen LogP contribution >= 0.6 is 11.5 Å². The van der Waals surface area contributed by atoms with Crippen LogP contribution in [0.1, 0.15) is 26.7 Å². The molecule has 2 fully saturated rings. The standard InChI is InChI=1S/C12H17N3O4S2/c1-11(2)10(16)14-12(19-11)4-3-5-15(8-12)21(17,18)9-6-13-20-7-9/h6-7H,3-5,8H2,1-2H3,(H,14,16). The molecule has 1 aromatic rings. The molecule has 3 heterocycles. The Morgan fingerprint density at radius 3 is 2.81 bits per heavy atom. The molecule has 9 heteroatoms. The van der Waals surface area contributed by atoms with Crippen LogP contribution in [0.15, 0.2) is 16.5 Å². The first kappa shape index (κ1) is 14.9. The quantitative estimate of drug-likeness (QED) is 0.855. The normalized spacial score (nSPS) is 29.7. The molecule has 2 saturated heterocycles. The van der Waals surface area contributed by atoms with Crippen LogP contribution in [-0.4, -0.2) is 47.4 Å². The number of piperidine rings is 1. The predicted octanol–water partition coefficient (Wildman–Crippen LogP) is 0.549. The molecule has 1 atom stereocenters. The van der Waals surface area contributed by atoms with Gasteiger partial charge in [-0.15, -0.1) is 0 Å². The topological polar surface area (TPSA) is 88.6 Å². The molecule has 0 aromatic carbocycles. The third-order valence-electron chi connectivity index (χ3n) is 3.81. The molecule has 2 aliphatic rings. The van der Waals surface area contributed by atoms with Crippen LogP contribution in [0.25, 0.3) is 0 Å². The Bertz CT molecular complexity index is 656. The van der Waals surface area contributed by atoms with E-state index < -0.39 is 21.3 Å². The van der Waals surface area contributed by atoms with Crippen molar-refractivity contribution in [1.29, 1.82) is 0 Å². The van der Waals surface area contributed by atoms with Gasteiger partial charge in [0, 0.05) is 11.9 Å². The van der Waals surface area contributed by atoms with Gasteiger partial charge >= 0.3 is 0 Å². The summed E-state index contributed by atoms with van der Waals surface area (Å²) in [4.78, 5) is 12.1. The van der Waals surface area contributed by atoms with Crippen LogP contribution < -0.4 is 5.32 Å². The minimum atomic E-state index is -3.59. The van der Waals surface area contributed by atoms with Gasteiger partial charge in [0.05, 0.1) is 12.7 Å². The number of carbonyl (C=O) groups is 1. The second kappa shape index (κ2) is 4.73. The fraction of sp³-hybridized carbons (Fsp3) is 0.667. The zero-order valence-electron chi connectivity index (χ0n) is 11.8. The minimum absolute atomic E-state index is 0.125. The molecule has 2 aliphatic heterocycles. The maximum absolute atomic E-state index is 12.6. The smallest absolute Gasteiger partial charge is 0.254 e. The Hall–Kier alpha value is -1.03. The monoisotopic (exact) mass is 331 g/mol. The van der Waals surface area contributed by atoms with Crippen LogP contribution in [0.4, 0.5) is 0 Å². The highest BCUT2D eigenvalue weighted by Gasteiger charge is 2.53. The zero-order valence-corrected chi connectivity index (χ0v) is 13.5. The minimum Gasteiger partial charge on any atom is -0.339 e. The van der Waals surface area contributed by atoms with Gasteiger partial charge < -0.3 is 10.1 Å². The van der Waals surface area contributed by atoms with Crippen molar-refractivity contribution in [3.05, 3.63) is 11.6 Å². The third-order valence-corrected chi connectivity index (χ3v) is 6.35. The molecule has 0 radical (unpaired) electrons. The van der Waals surface area contributed by atoms with E-state index in [-0.39, 0.29) is 17.3 Å². The van der Waals surface area contributed by atoms with Crippen molar-refractivity contribution in [2.45, 2.75) is 42.9 Å². The number of carbonyl (C=O) groups excluding carboxylic acids is 1. The van der Waals surface area contributed by atoms with Crippen molar-refractivity contribution < 1.29 is 17.9 Å². The molecular formula is C12H17N3O4S2. The van der Waals surface area contributed by atoms with E-state index in [4.69, 9.17) is 4.74 Å². The van der Waals surface area contributed by atoms with Crippen molar-refractivity contribution in [1.82, 2.24) is 14.0 Å². The molecule has 7 nitrogen and oxygen atoms in total. The molecule has 0 bridgehead atoms. The van der Waals surface area contributed by atoms with E-state index in [1.165, 1.54) is 15.9 Å². The number of nitrogens with zero attached hydrogens (tertiary/aromatic N) is 2. The van der Waals surface area contributed by atoms with Crippen molar-refractivity contribution in [2.24, 2.45) is 0 Å². The Morgan fingerprint density at radius 2 is 2.24 bits per heavy atom. The highest BCUT2D eigenvalue weighted by Crippen LogP contribution is 2.35. The number of ether oxygens (including phenoxy) is 1. The molecule has 0 saturated carbocycles. The van der Waals surface area contributed by atoms with Crippen molar-refractivity contribution >= 4 is 27.5 Å². The first-order chi connectivity index (χ1) is 9.75. The summed E-state index contributed by atoms with van der Waals surface area (Å²) in [5, 5.41) is 4.34. The van der Waals surface area contributed by atoms with Gasteiger partial charge in [-0.25, -0.2) is 8.42 Å². The summed E-state index contributed by atoms with van der Waals surface area (Å²) in [6.45, 7) is 3.92. The SMILES string of the molecule is CC1(C)OC2(CCCN(S(=O)(=O)c3cnsc3)C2)NC1=O. The van der Waals surface area contributed by atoms with Crippen molar-refractivity contribution in [3.8, 4) is 0 Å². The molecule has 21 heavy (non-hydrogen) atoms. The van der Waals surface area contributed by atoms with Gasteiger partial charge in [0.1, 0.15) is 10.5 Å².